The summed E-state index contributed by atoms with van der Waals surface area (Å²) in [7, 11) is 0. The maximum Gasteiger partial charge on any atom is 0.102 e. The van der Waals surface area contributed by atoms with Crippen molar-refractivity contribution >= 4 is 0 Å². The number of azo groups is 1. The van der Waals surface area contributed by atoms with E-state index in [1.165, 1.54) is 5.57 Å². The van der Waals surface area contributed by atoms with Crippen molar-refractivity contribution in [2.24, 2.45) is 10.2 Å². The van der Waals surface area contributed by atoms with Crippen LogP contribution in [-0.4, -0.2) is 5.54 Å². The normalized spacial score (nSPS) is 30.9. The predicted molar refractivity (Wildman–Crippen MR) is 41.9 cm³/mol. The van der Waals surface area contributed by atoms with Crippen LogP contribution in [0, 0.1) is 0 Å². The van der Waals surface area contributed by atoms with Crippen LogP contribution < -0.4 is 0 Å². The molecule has 1 aliphatic rings. The van der Waals surface area contributed by atoms with Gasteiger partial charge in [-0.2, -0.15) is 10.2 Å². The first-order valence-electron chi connectivity index (χ1n) is 3.84. The van der Waals surface area contributed by atoms with E-state index in [0.717, 1.165) is 12.8 Å². The van der Waals surface area contributed by atoms with E-state index >= 15 is 0 Å². The SMILES string of the molecule is CCC1=CN=NC1(C)CC. The molecule has 0 aromatic heterocycles. The van der Waals surface area contributed by atoms with Gasteiger partial charge < -0.3 is 0 Å². The Morgan fingerprint density at radius 2 is 2.20 bits per heavy atom. The van der Waals surface area contributed by atoms with Crippen LogP contribution in [0.15, 0.2) is 22.0 Å². The van der Waals surface area contributed by atoms with Gasteiger partial charge in [0, 0.05) is 0 Å². The molecule has 0 aliphatic carbocycles. The Labute approximate surface area is 62.0 Å². The molecule has 56 valence electrons. The van der Waals surface area contributed by atoms with Gasteiger partial charge in [-0.1, -0.05) is 13.8 Å². The zero-order chi connectivity index (χ0) is 7.61. The van der Waals surface area contributed by atoms with Gasteiger partial charge in [-0.05, 0) is 25.3 Å². The first kappa shape index (κ1) is 7.45. The van der Waals surface area contributed by atoms with Crippen LogP contribution in [0.4, 0.5) is 0 Å². The van der Waals surface area contributed by atoms with E-state index < -0.39 is 0 Å². The van der Waals surface area contributed by atoms with Crippen LogP contribution in [0.2, 0.25) is 0 Å². The van der Waals surface area contributed by atoms with Gasteiger partial charge in [0.1, 0.15) is 5.54 Å². The molecule has 2 heteroatoms. The third kappa shape index (κ3) is 0.981. The van der Waals surface area contributed by atoms with Crippen molar-refractivity contribution in [2.75, 3.05) is 0 Å². The fraction of sp³-hybridized carbons (Fsp3) is 0.750. The Hall–Kier alpha value is -0.660. The molecular weight excluding hydrogens is 124 g/mol. The number of rotatable bonds is 2. The van der Waals surface area contributed by atoms with Gasteiger partial charge >= 0.3 is 0 Å². The van der Waals surface area contributed by atoms with Crippen LogP contribution in [0.25, 0.3) is 0 Å². The topological polar surface area (TPSA) is 24.7 Å². The zero-order valence-corrected chi connectivity index (χ0v) is 6.89. The second kappa shape index (κ2) is 2.52. The summed E-state index contributed by atoms with van der Waals surface area (Å²) in [6.07, 6.45) is 4.01. The Morgan fingerprint density at radius 1 is 1.50 bits per heavy atom. The molecule has 0 aromatic rings. The van der Waals surface area contributed by atoms with Crippen molar-refractivity contribution in [1.29, 1.82) is 0 Å². The molecule has 0 N–H and O–H groups in total. The molecule has 0 saturated heterocycles. The molecule has 0 spiro atoms. The van der Waals surface area contributed by atoms with Crippen LogP contribution in [-0.2, 0) is 0 Å². The minimum atomic E-state index is 0.0226. The van der Waals surface area contributed by atoms with Crippen LogP contribution >= 0.6 is 0 Å². The summed E-state index contributed by atoms with van der Waals surface area (Å²) in [4.78, 5) is 0. The van der Waals surface area contributed by atoms with E-state index in [-0.39, 0.29) is 5.54 Å². The first-order chi connectivity index (χ1) is 4.73. The third-order valence-corrected chi connectivity index (χ3v) is 2.25. The lowest BCUT2D eigenvalue weighted by molar-refractivity contribution is 0.517. The molecule has 2 nitrogen and oxygen atoms in total. The lowest BCUT2D eigenvalue weighted by Crippen LogP contribution is -2.20. The summed E-state index contributed by atoms with van der Waals surface area (Å²) in [6, 6.07) is 0. The molecule has 0 radical (unpaired) electrons. The largest absolute Gasteiger partial charge is 0.178 e. The van der Waals surface area contributed by atoms with Gasteiger partial charge in [-0.15, -0.1) is 0 Å². The molecular formula is C8H14N2. The Bertz CT molecular complexity index is 182. The number of hydrogen-bond acceptors (Lipinski definition) is 2. The molecule has 0 amide bonds. The van der Waals surface area contributed by atoms with Crippen molar-refractivity contribution in [1.82, 2.24) is 0 Å². The summed E-state index contributed by atoms with van der Waals surface area (Å²) in [5.74, 6) is 0. The monoisotopic (exact) mass is 138 g/mol. The van der Waals surface area contributed by atoms with Gasteiger partial charge in [0.25, 0.3) is 0 Å². The van der Waals surface area contributed by atoms with E-state index in [2.05, 4.69) is 31.0 Å². The predicted octanol–water partition coefficient (Wildman–Crippen LogP) is 2.91. The summed E-state index contributed by atoms with van der Waals surface area (Å²) < 4.78 is 0. The molecule has 0 bridgehead atoms. The highest BCUT2D eigenvalue weighted by atomic mass is 15.2. The molecule has 0 saturated carbocycles. The highest BCUT2D eigenvalue weighted by Crippen LogP contribution is 2.32. The van der Waals surface area contributed by atoms with Crippen LogP contribution in [0.3, 0.4) is 0 Å². The first-order valence-corrected chi connectivity index (χ1v) is 3.84. The van der Waals surface area contributed by atoms with Gasteiger partial charge in [-0.3, -0.25) is 0 Å². The smallest absolute Gasteiger partial charge is 0.102 e. The van der Waals surface area contributed by atoms with E-state index in [1.54, 1.807) is 0 Å². The van der Waals surface area contributed by atoms with Gasteiger partial charge in [0.15, 0.2) is 0 Å². The lowest BCUT2D eigenvalue weighted by Gasteiger charge is -2.19. The van der Waals surface area contributed by atoms with Gasteiger partial charge in [-0.25, -0.2) is 0 Å². The van der Waals surface area contributed by atoms with Crippen molar-refractivity contribution in [2.45, 2.75) is 39.2 Å². The molecule has 1 atom stereocenters. The zero-order valence-electron chi connectivity index (χ0n) is 6.89. The molecule has 1 unspecified atom stereocenters. The van der Waals surface area contributed by atoms with Crippen molar-refractivity contribution in [3.8, 4) is 0 Å². The number of hydrogen-bond donors (Lipinski definition) is 0. The second-order valence-corrected chi connectivity index (χ2v) is 2.85. The third-order valence-electron chi connectivity index (χ3n) is 2.25. The lowest BCUT2D eigenvalue weighted by atomic mass is 9.90. The average molecular weight is 138 g/mol. The quantitative estimate of drug-likeness (QED) is 0.560. The maximum absolute atomic E-state index is 4.17. The molecule has 1 rings (SSSR count). The Morgan fingerprint density at radius 3 is 2.60 bits per heavy atom. The summed E-state index contributed by atoms with van der Waals surface area (Å²) >= 11 is 0. The minimum Gasteiger partial charge on any atom is -0.178 e. The fourth-order valence-corrected chi connectivity index (χ4v) is 1.20. The van der Waals surface area contributed by atoms with Crippen LogP contribution in [0.1, 0.15) is 33.6 Å². The molecule has 0 aromatic carbocycles. The van der Waals surface area contributed by atoms with Crippen molar-refractivity contribution in [3.63, 3.8) is 0 Å². The van der Waals surface area contributed by atoms with E-state index in [9.17, 15) is 0 Å². The fourth-order valence-electron chi connectivity index (χ4n) is 1.20. The summed E-state index contributed by atoms with van der Waals surface area (Å²) in [5.41, 5.74) is 1.38. The molecule has 1 heterocycles. The molecule has 10 heavy (non-hydrogen) atoms. The van der Waals surface area contributed by atoms with Crippen molar-refractivity contribution in [3.05, 3.63) is 11.8 Å². The highest BCUT2D eigenvalue weighted by molar-refractivity contribution is 5.20. The molecule has 1 aliphatic heterocycles. The molecule has 0 fully saturated rings. The summed E-state index contributed by atoms with van der Waals surface area (Å²) in [5, 5.41) is 8.09. The highest BCUT2D eigenvalue weighted by Gasteiger charge is 2.28. The van der Waals surface area contributed by atoms with Crippen LogP contribution in [0.5, 0.6) is 0 Å². The standard InChI is InChI=1S/C8H14N2/c1-4-7-6-9-10-8(7,3)5-2/h6H,4-5H2,1-3H3. The van der Waals surface area contributed by atoms with Crippen molar-refractivity contribution < 1.29 is 0 Å². The summed E-state index contributed by atoms with van der Waals surface area (Å²) in [6.45, 7) is 6.43. The van der Waals surface area contributed by atoms with E-state index in [0.29, 0.717) is 0 Å². The second-order valence-electron chi connectivity index (χ2n) is 2.85. The maximum atomic E-state index is 4.17. The van der Waals surface area contributed by atoms with E-state index in [4.69, 9.17) is 0 Å². The van der Waals surface area contributed by atoms with Gasteiger partial charge in [0.2, 0.25) is 0 Å². The minimum absolute atomic E-state index is 0.0226. The van der Waals surface area contributed by atoms with E-state index in [1.807, 2.05) is 6.20 Å². The Kier molecular flexibility index (Phi) is 1.88. The average Bonchev–Trinajstić information content (AvgIpc) is 2.32. The number of nitrogens with zero attached hydrogens (tertiary/aromatic N) is 2. The Balaban J connectivity index is 2.79. The van der Waals surface area contributed by atoms with Gasteiger partial charge in [0.05, 0.1) is 6.20 Å².